The average Bonchev–Trinajstić information content (AvgIpc) is 2.66. The van der Waals surface area contributed by atoms with Crippen molar-refractivity contribution in [2.45, 2.75) is 13.2 Å². The lowest BCUT2D eigenvalue weighted by Crippen LogP contribution is -2.29. The molecule has 8 nitrogen and oxygen atoms in total. The van der Waals surface area contributed by atoms with Gasteiger partial charge in [0.1, 0.15) is 5.56 Å². The van der Waals surface area contributed by atoms with E-state index in [1.165, 1.54) is 42.8 Å². The number of anilines is 1. The average molecular weight is 382 g/mol. The summed E-state index contributed by atoms with van der Waals surface area (Å²) in [5, 5.41) is 21.3. The highest BCUT2D eigenvalue weighted by molar-refractivity contribution is 6.09. The van der Waals surface area contributed by atoms with Gasteiger partial charge >= 0.3 is 5.97 Å². The van der Waals surface area contributed by atoms with Gasteiger partial charge < -0.3 is 24.8 Å². The van der Waals surface area contributed by atoms with E-state index >= 15 is 0 Å². The first-order valence-corrected chi connectivity index (χ1v) is 8.37. The molecule has 1 amide bonds. The van der Waals surface area contributed by atoms with Crippen LogP contribution in [0.15, 0.2) is 53.3 Å². The van der Waals surface area contributed by atoms with Gasteiger partial charge in [0.05, 0.1) is 5.52 Å². The summed E-state index contributed by atoms with van der Waals surface area (Å²) in [5.74, 6) is -1.51. The Bertz CT molecular complexity index is 1120. The van der Waals surface area contributed by atoms with Crippen LogP contribution in [0.25, 0.3) is 10.9 Å². The second kappa shape index (κ2) is 7.63. The molecule has 0 aliphatic carbocycles. The van der Waals surface area contributed by atoms with Crippen molar-refractivity contribution in [1.82, 2.24) is 4.57 Å². The topological polar surface area (TPSA) is 118 Å². The Morgan fingerprint density at radius 1 is 1.07 bits per heavy atom. The number of para-hydroxylation sites is 1. The summed E-state index contributed by atoms with van der Waals surface area (Å²) in [4.78, 5) is 37.2. The van der Waals surface area contributed by atoms with Crippen LogP contribution in [0.2, 0.25) is 0 Å². The van der Waals surface area contributed by atoms with E-state index in [4.69, 9.17) is 14.9 Å². The number of ether oxygens (including phenoxy) is 1. The van der Waals surface area contributed by atoms with Crippen molar-refractivity contribution < 1.29 is 24.5 Å². The zero-order chi connectivity index (χ0) is 20.4. The number of amides is 1. The van der Waals surface area contributed by atoms with Crippen molar-refractivity contribution in [3.8, 4) is 5.75 Å². The van der Waals surface area contributed by atoms with Crippen molar-refractivity contribution in [2.24, 2.45) is 7.05 Å². The Hall–Kier alpha value is -3.49. The fourth-order valence-electron chi connectivity index (χ4n) is 2.85. The molecule has 1 heterocycles. The van der Waals surface area contributed by atoms with Crippen LogP contribution in [0.5, 0.6) is 5.75 Å². The van der Waals surface area contributed by atoms with Crippen molar-refractivity contribution >= 4 is 28.5 Å². The Labute approximate surface area is 159 Å². The number of pyridine rings is 1. The summed E-state index contributed by atoms with van der Waals surface area (Å²) in [6.45, 7) is 1.19. The summed E-state index contributed by atoms with van der Waals surface area (Å²) >= 11 is 0. The molecule has 0 aliphatic heterocycles. The number of esters is 1. The van der Waals surface area contributed by atoms with E-state index in [0.717, 1.165) is 0 Å². The van der Waals surface area contributed by atoms with Gasteiger partial charge in [-0.3, -0.25) is 14.4 Å². The number of benzene rings is 2. The number of nitrogens with zero attached hydrogens (tertiary/aromatic N) is 1. The second-order valence-corrected chi connectivity index (χ2v) is 6.13. The molecular formula is C20H18N2O6. The molecule has 0 unspecified atom stereocenters. The van der Waals surface area contributed by atoms with E-state index in [1.807, 2.05) is 0 Å². The van der Waals surface area contributed by atoms with Crippen LogP contribution in [-0.4, -0.2) is 26.7 Å². The highest BCUT2D eigenvalue weighted by Gasteiger charge is 2.24. The number of aromatic nitrogens is 1. The highest BCUT2D eigenvalue weighted by atomic mass is 16.5. The monoisotopic (exact) mass is 382 g/mol. The number of rotatable bonds is 4. The minimum Gasteiger partial charge on any atom is -0.425 e. The Morgan fingerprint density at radius 2 is 1.71 bits per heavy atom. The fourth-order valence-corrected chi connectivity index (χ4v) is 2.85. The standard InChI is InChI=1S/C20H18N2O6/c1-11(23)28-17-14-5-3-4-6-15(14)22(2)19(25)16(17)18(24)21-13-9-7-12(8-10-13)20(26)27/h3-10,20,26-27H,1-2H3,(H,21,24). The largest absolute Gasteiger partial charge is 0.425 e. The van der Waals surface area contributed by atoms with Crippen molar-refractivity contribution in [3.05, 3.63) is 70.0 Å². The lowest BCUT2D eigenvalue weighted by atomic mass is 10.1. The van der Waals surface area contributed by atoms with Crippen LogP contribution in [0, 0.1) is 0 Å². The van der Waals surface area contributed by atoms with Gasteiger partial charge in [0.2, 0.25) is 0 Å². The summed E-state index contributed by atoms with van der Waals surface area (Å²) in [6, 6.07) is 12.5. The third kappa shape index (κ3) is 3.64. The number of fused-ring (bicyclic) bond motifs is 1. The maximum Gasteiger partial charge on any atom is 0.308 e. The minimum atomic E-state index is -1.63. The van der Waals surface area contributed by atoms with E-state index in [-0.39, 0.29) is 16.9 Å². The summed E-state index contributed by atoms with van der Waals surface area (Å²) < 4.78 is 6.53. The second-order valence-electron chi connectivity index (χ2n) is 6.13. The minimum absolute atomic E-state index is 0.105. The SMILES string of the molecule is CC(=O)Oc1c(C(=O)Nc2ccc(C(O)O)cc2)c(=O)n(C)c2ccccc12. The van der Waals surface area contributed by atoms with E-state index < -0.39 is 23.7 Å². The zero-order valence-electron chi connectivity index (χ0n) is 15.2. The Balaban J connectivity index is 2.10. The molecule has 0 bridgehead atoms. The molecule has 0 saturated heterocycles. The molecule has 2 aromatic carbocycles. The van der Waals surface area contributed by atoms with Crippen molar-refractivity contribution in [2.75, 3.05) is 5.32 Å². The molecule has 0 atom stereocenters. The Kier molecular flexibility index (Phi) is 5.25. The lowest BCUT2D eigenvalue weighted by molar-refractivity contribution is -0.131. The summed E-state index contributed by atoms with van der Waals surface area (Å²) in [5.41, 5.74) is 0.178. The predicted molar refractivity (Wildman–Crippen MR) is 102 cm³/mol. The highest BCUT2D eigenvalue weighted by Crippen LogP contribution is 2.28. The Morgan fingerprint density at radius 3 is 2.32 bits per heavy atom. The van der Waals surface area contributed by atoms with E-state index in [1.54, 1.807) is 24.3 Å². The van der Waals surface area contributed by atoms with E-state index in [9.17, 15) is 14.4 Å². The van der Waals surface area contributed by atoms with Crippen LogP contribution >= 0.6 is 0 Å². The maximum atomic E-state index is 12.8. The van der Waals surface area contributed by atoms with Gasteiger partial charge in [-0.2, -0.15) is 0 Å². The molecular weight excluding hydrogens is 364 g/mol. The first-order chi connectivity index (χ1) is 13.3. The normalized spacial score (nSPS) is 10.9. The van der Waals surface area contributed by atoms with Gasteiger partial charge in [-0.05, 0) is 24.3 Å². The van der Waals surface area contributed by atoms with Crippen LogP contribution in [0.1, 0.15) is 29.1 Å². The van der Waals surface area contributed by atoms with Gasteiger partial charge in [0, 0.05) is 30.6 Å². The number of nitrogens with one attached hydrogen (secondary N) is 1. The third-order valence-electron chi connectivity index (χ3n) is 4.20. The molecule has 3 N–H and O–H groups in total. The molecule has 0 radical (unpaired) electrons. The first-order valence-electron chi connectivity index (χ1n) is 8.37. The number of hydrogen-bond donors (Lipinski definition) is 3. The molecule has 0 saturated carbocycles. The summed E-state index contributed by atoms with van der Waals surface area (Å²) in [7, 11) is 1.52. The molecule has 3 rings (SSSR count). The smallest absolute Gasteiger partial charge is 0.308 e. The fraction of sp³-hybridized carbons (Fsp3) is 0.150. The number of carbonyl (C=O) groups is 2. The molecule has 1 aromatic heterocycles. The number of aliphatic hydroxyl groups excluding tert-OH is 1. The van der Waals surface area contributed by atoms with Gasteiger partial charge in [-0.1, -0.05) is 24.3 Å². The van der Waals surface area contributed by atoms with Crippen molar-refractivity contribution in [3.63, 3.8) is 0 Å². The van der Waals surface area contributed by atoms with Crippen LogP contribution in [0.4, 0.5) is 5.69 Å². The number of hydrogen-bond acceptors (Lipinski definition) is 6. The van der Waals surface area contributed by atoms with Gasteiger partial charge in [-0.25, -0.2) is 0 Å². The predicted octanol–water partition coefficient (Wildman–Crippen LogP) is 1.70. The van der Waals surface area contributed by atoms with Crippen LogP contribution < -0.4 is 15.6 Å². The van der Waals surface area contributed by atoms with Crippen LogP contribution in [-0.2, 0) is 11.8 Å². The maximum absolute atomic E-state index is 12.8. The van der Waals surface area contributed by atoms with E-state index in [0.29, 0.717) is 16.6 Å². The number of carbonyl (C=O) groups excluding carboxylic acids is 2. The molecule has 28 heavy (non-hydrogen) atoms. The molecule has 0 spiro atoms. The van der Waals surface area contributed by atoms with Crippen LogP contribution in [0.3, 0.4) is 0 Å². The molecule has 0 aliphatic rings. The molecule has 144 valence electrons. The van der Waals surface area contributed by atoms with Gasteiger partial charge in [0.15, 0.2) is 12.0 Å². The molecule has 3 aromatic rings. The first kappa shape index (κ1) is 19.3. The quantitative estimate of drug-likeness (QED) is 0.467. The molecule has 8 heteroatoms. The van der Waals surface area contributed by atoms with Gasteiger partial charge in [-0.15, -0.1) is 0 Å². The molecule has 0 fully saturated rings. The van der Waals surface area contributed by atoms with E-state index in [2.05, 4.69) is 5.32 Å². The number of aliphatic hydroxyl groups is 2. The third-order valence-corrected chi connectivity index (χ3v) is 4.20. The van der Waals surface area contributed by atoms with Gasteiger partial charge in [0.25, 0.3) is 11.5 Å². The van der Waals surface area contributed by atoms with Crippen molar-refractivity contribution in [1.29, 1.82) is 0 Å². The number of aryl methyl sites for hydroxylation is 1. The summed E-state index contributed by atoms with van der Waals surface area (Å²) in [6.07, 6.45) is -1.63. The lowest BCUT2D eigenvalue weighted by Gasteiger charge is -2.15. The zero-order valence-corrected chi connectivity index (χ0v) is 15.2.